The predicted octanol–water partition coefficient (Wildman–Crippen LogP) is 2.87. The van der Waals surface area contributed by atoms with Crippen LogP contribution in [0.3, 0.4) is 0 Å². The van der Waals surface area contributed by atoms with Crippen LogP contribution in [0.15, 0.2) is 18.2 Å². The quantitative estimate of drug-likeness (QED) is 0.615. The smallest absolute Gasteiger partial charge is 0.255 e. The zero-order valence-electron chi connectivity index (χ0n) is 19.1. The predicted molar refractivity (Wildman–Crippen MR) is 122 cm³/mol. The third kappa shape index (κ3) is 4.39. The van der Waals surface area contributed by atoms with E-state index in [1.165, 1.54) is 51.6 Å². The topological polar surface area (TPSA) is 79.0 Å². The summed E-state index contributed by atoms with van der Waals surface area (Å²) in [6.07, 6.45) is 9.85. The summed E-state index contributed by atoms with van der Waals surface area (Å²) < 4.78 is 6.55. The normalized spacial score (nSPS) is 29.5. The number of imide groups is 1. The fourth-order valence-electron chi connectivity index (χ4n) is 5.87. The van der Waals surface area contributed by atoms with Crippen LogP contribution in [0.4, 0.5) is 0 Å². The zero-order valence-corrected chi connectivity index (χ0v) is 19.1. The molecule has 3 saturated carbocycles. The second-order valence-corrected chi connectivity index (χ2v) is 10.7. The second kappa shape index (κ2) is 8.42. The fraction of sp³-hybridized carbons (Fsp3) is 0.654. The third-order valence-corrected chi connectivity index (χ3v) is 8.05. The summed E-state index contributed by atoms with van der Waals surface area (Å²) in [4.78, 5) is 41.1. The highest BCUT2D eigenvalue weighted by atomic mass is 16.5. The molecule has 1 unspecified atom stereocenters. The van der Waals surface area contributed by atoms with Gasteiger partial charge in [-0.2, -0.15) is 0 Å². The van der Waals surface area contributed by atoms with Gasteiger partial charge in [0.1, 0.15) is 17.9 Å². The average Bonchev–Trinajstić information content (AvgIpc) is 3.71. The van der Waals surface area contributed by atoms with E-state index in [4.69, 9.17) is 4.74 Å². The highest BCUT2D eigenvalue weighted by Crippen LogP contribution is 2.38. The molecule has 1 saturated heterocycles. The van der Waals surface area contributed by atoms with Crippen molar-refractivity contribution in [3.05, 3.63) is 29.3 Å². The van der Waals surface area contributed by atoms with Crippen LogP contribution in [0.1, 0.15) is 73.7 Å². The molecule has 1 aromatic rings. The number of amides is 3. The molecule has 2 heterocycles. The van der Waals surface area contributed by atoms with Crippen molar-refractivity contribution >= 4 is 17.7 Å². The van der Waals surface area contributed by atoms with Crippen molar-refractivity contribution in [2.75, 3.05) is 13.1 Å². The first-order chi connectivity index (χ1) is 16.0. The molecule has 0 aromatic heterocycles. The molecule has 7 nitrogen and oxygen atoms in total. The van der Waals surface area contributed by atoms with Crippen LogP contribution in [0, 0.1) is 11.8 Å². The van der Waals surface area contributed by atoms with Gasteiger partial charge in [-0.15, -0.1) is 0 Å². The molecule has 1 N–H and O–H groups in total. The van der Waals surface area contributed by atoms with Gasteiger partial charge < -0.3 is 9.64 Å². The van der Waals surface area contributed by atoms with E-state index in [0.717, 1.165) is 29.6 Å². The minimum Gasteiger partial charge on any atom is -0.489 e. The van der Waals surface area contributed by atoms with E-state index in [1.54, 1.807) is 4.90 Å². The lowest BCUT2D eigenvalue weighted by molar-refractivity contribution is -0.136. The van der Waals surface area contributed by atoms with Gasteiger partial charge in [0.15, 0.2) is 0 Å². The molecular formula is C26H33N3O4. The van der Waals surface area contributed by atoms with E-state index in [9.17, 15) is 14.4 Å². The van der Waals surface area contributed by atoms with Crippen molar-refractivity contribution in [3.63, 3.8) is 0 Å². The lowest BCUT2D eigenvalue weighted by Gasteiger charge is -2.33. The highest BCUT2D eigenvalue weighted by Gasteiger charge is 2.41. The van der Waals surface area contributed by atoms with Crippen molar-refractivity contribution in [1.82, 2.24) is 15.1 Å². The van der Waals surface area contributed by atoms with Crippen LogP contribution in [0.25, 0.3) is 0 Å². The van der Waals surface area contributed by atoms with Crippen LogP contribution in [-0.4, -0.2) is 58.8 Å². The number of piperidine rings is 1. The standard InChI is InChI=1S/C26H33N3O4/c30-24-11-10-22(25(31)27-24)29-15-18-12-19(8-9-20(18)26(29)32)33-23-3-1-2-21(23)28(13-16-4-5-16)14-17-6-7-17/h8-9,12,16-17,21-23H,1-7,10-11,13-15H2,(H,27,30,31)/t21-,22?,23+/m0/s1. The van der Waals surface area contributed by atoms with Crippen molar-refractivity contribution in [2.24, 2.45) is 11.8 Å². The Balaban J connectivity index is 1.14. The molecule has 33 heavy (non-hydrogen) atoms. The first-order valence-corrected chi connectivity index (χ1v) is 12.7. The summed E-state index contributed by atoms with van der Waals surface area (Å²) in [5, 5.41) is 2.36. The summed E-state index contributed by atoms with van der Waals surface area (Å²) in [6, 6.07) is 5.65. The molecule has 6 rings (SSSR count). The average molecular weight is 452 g/mol. The molecular weight excluding hydrogens is 418 g/mol. The molecule has 3 amide bonds. The van der Waals surface area contributed by atoms with Gasteiger partial charge in [0, 0.05) is 37.7 Å². The van der Waals surface area contributed by atoms with Gasteiger partial charge in [0.25, 0.3) is 5.91 Å². The molecule has 0 radical (unpaired) electrons. The van der Waals surface area contributed by atoms with Crippen molar-refractivity contribution in [3.8, 4) is 5.75 Å². The summed E-state index contributed by atoms with van der Waals surface area (Å²) in [7, 11) is 0. The molecule has 2 aliphatic heterocycles. The minimum absolute atomic E-state index is 0.134. The van der Waals surface area contributed by atoms with Crippen LogP contribution < -0.4 is 10.1 Å². The number of carbonyl (C=O) groups excluding carboxylic acids is 3. The van der Waals surface area contributed by atoms with Crippen LogP contribution in [0.2, 0.25) is 0 Å². The van der Waals surface area contributed by atoms with E-state index in [0.29, 0.717) is 24.6 Å². The SMILES string of the molecule is O=C1CCC(N2Cc3cc(O[C@@H]4CCC[C@@H]4N(CC4CC4)CC4CC4)ccc3C2=O)C(=O)N1. The third-order valence-electron chi connectivity index (χ3n) is 8.05. The van der Waals surface area contributed by atoms with E-state index in [-0.39, 0.29) is 30.2 Å². The number of benzene rings is 1. The maximum atomic E-state index is 13.0. The first kappa shape index (κ1) is 21.1. The van der Waals surface area contributed by atoms with E-state index in [2.05, 4.69) is 10.2 Å². The molecule has 4 fully saturated rings. The Morgan fingerprint density at radius 3 is 2.42 bits per heavy atom. The molecule has 7 heteroatoms. The van der Waals surface area contributed by atoms with Gasteiger partial charge in [0.2, 0.25) is 11.8 Å². The number of hydrogen-bond donors (Lipinski definition) is 1. The monoisotopic (exact) mass is 451 g/mol. The van der Waals surface area contributed by atoms with Gasteiger partial charge >= 0.3 is 0 Å². The number of fused-ring (bicyclic) bond motifs is 1. The van der Waals surface area contributed by atoms with E-state index >= 15 is 0 Å². The molecule has 3 aliphatic carbocycles. The molecule has 0 bridgehead atoms. The van der Waals surface area contributed by atoms with Crippen molar-refractivity contribution in [1.29, 1.82) is 0 Å². The van der Waals surface area contributed by atoms with Gasteiger partial charge in [-0.05, 0) is 87.0 Å². The number of ether oxygens (including phenoxy) is 1. The Kier molecular flexibility index (Phi) is 5.40. The Morgan fingerprint density at radius 1 is 0.970 bits per heavy atom. The molecule has 0 spiro atoms. The maximum Gasteiger partial charge on any atom is 0.255 e. The van der Waals surface area contributed by atoms with E-state index < -0.39 is 6.04 Å². The molecule has 1 aromatic carbocycles. The summed E-state index contributed by atoms with van der Waals surface area (Å²) in [5.41, 5.74) is 1.55. The van der Waals surface area contributed by atoms with Crippen LogP contribution in [0.5, 0.6) is 5.75 Å². The fourth-order valence-corrected chi connectivity index (χ4v) is 5.87. The summed E-state index contributed by atoms with van der Waals surface area (Å²) in [6.45, 7) is 2.84. The summed E-state index contributed by atoms with van der Waals surface area (Å²) >= 11 is 0. The van der Waals surface area contributed by atoms with E-state index in [1.807, 2.05) is 18.2 Å². The largest absolute Gasteiger partial charge is 0.489 e. The Labute approximate surface area is 194 Å². The number of hydrogen-bond acceptors (Lipinski definition) is 5. The van der Waals surface area contributed by atoms with Crippen molar-refractivity contribution < 1.29 is 19.1 Å². The summed E-state index contributed by atoms with van der Waals surface area (Å²) in [5.74, 6) is 1.82. The van der Waals surface area contributed by atoms with Gasteiger partial charge in [-0.3, -0.25) is 24.6 Å². The lowest BCUT2D eigenvalue weighted by Crippen LogP contribution is -2.52. The number of nitrogens with zero attached hydrogens (tertiary/aromatic N) is 2. The van der Waals surface area contributed by atoms with Gasteiger partial charge in [-0.1, -0.05) is 0 Å². The Hall–Kier alpha value is -2.41. The number of nitrogens with one attached hydrogen (secondary N) is 1. The van der Waals surface area contributed by atoms with Crippen molar-refractivity contribution in [2.45, 2.75) is 82.5 Å². The maximum absolute atomic E-state index is 13.0. The Bertz CT molecular complexity index is 956. The van der Waals surface area contributed by atoms with Gasteiger partial charge in [0.05, 0.1) is 0 Å². The molecule has 3 atom stereocenters. The van der Waals surface area contributed by atoms with Crippen LogP contribution in [-0.2, 0) is 16.1 Å². The lowest BCUT2D eigenvalue weighted by atomic mass is 10.0. The first-order valence-electron chi connectivity index (χ1n) is 12.7. The molecule has 176 valence electrons. The van der Waals surface area contributed by atoms with Crippen LogP contribution >= 0.6 is 0 Å². The highest BCUT2D eigenvalue weighted by molar-refractivity contribution is 6.05. The minimum atomic E-state index is -0.579. The zero-order chi connectivity index (χ0) is 22.5. The van der Waals surface area contributed by atoms with Gasteiger partial charge in [-0.25, -0.2) is 0 Å². The Morgan fingerprint density at radius 2 is 1.73 bits per heavy atom. The second-order valence-electron chi connectivity index (χ2n) is 10.7. The number of carbonyl (C=O) groups is 3. The molecule has 5 aliphatic rings. The number of rotatable bonds is 8.